The van der Waals surface area contributed by atoms with Gasteiger partial charge in [0.25, 0.3) is 0 Å². The van der Waals surface area contributed by atoms with E-state index < -0.39 is 0 Å². The topological polar surface area (TPSA) is 22.0 Å². The van der Waals surface area contributed by atoms with Gasteiger partial charge in [0.1, 0.15) is 0 Å². The summed E-state index contributed by atoms with van der Waals surface area (Å²) in [6.45, 7) is 3.57. The van der Waals surface area contributed by atoms with Gasteiger partial charge in [-0.05, 0) is 34.5 Å². The van der Waals surface area contributed by atoms with Crippen LogP contribution in [0.5, 0.6) is 0 Å². The average Bonchev–Trinajstić information content (AvgIpc) is 2.41. The Hall–Kier alpha value is -1.09. The van der Waals surface area contributed by atoms with Gasteiger partial charge >= 0.3 is 0 Å². The number of halogens is 1. The molecule has 1 aromatic carbocycles. The highest BCUT2D eigenvalue weighted by atomic mass is 79.9. The first kappa shape index (κ1) is 9.46. The minimum absolute atomic E-state index is 0.0289. The van der Waals surface area contributed by atoms with Crippen molar-refractivity contribution in [2.24, 2.45) is 0 Å². The first-order chi connectivity index (χ1) is 6.63. The van der Waals surface area contributed by atoms with Crippen LogP contribution in [0.4, 0.5) is 0 Å². The Morgan fingerprint density at radius 2 is 2.00 bits per heavy atom. The molecule has 1 heterocycles. The number of rotatable bonds is 0. The van der Waals surface area contributed by atoms with Gasteiger partial charge in [-0.25, -0.2) is 0 Å². The second-order valence-corrected chi connectivity index (χ2v) is 4.04. The molecule has 0 saturated heterocycles. The summed E-state index contributed by atoms with van der Waals surface area (Å²) in [6.07, 6.45) is 0. The van der Waals surface area contributed by atoms with Gasteiger partial charge in [-0.1, -0.05) is 18.2 Å². The molecule has 0 aliphatic heterocycles. The molecule has 0 spiro atoms. The Morgan fingerprint density at radius 3 is 2.64 bits per heavy atom. The van der Waals surface area contributed by atoms with Crippen LogP contribution in [0.25, 0.3) is 10.9 Å². The zero-order chi connectivity index (χ0) is 10.3. The van der Waals surface area contributed by atoms with Crippen LogP contribution in [0.3, 0.4) is 0 Å². The fourth-order valence-corrected chi connectivity index (χ4v) is 2.33. The largest absolute Gasteiger partial charge is 0.274 e. The van der Waals surface area contributed by atoms with Gasteiger partial charge in [-0.2, -0.15) is 0 Å². The van der Waals surface area contributed by atoms with Crippen molar-refractivity contribution < 1.29 is 4.79 Å². The molecule has 0 saturated carbocycles. The van der Waals surface area contributed by atoms with Crippen molar-refractivity contribution in [3.63, 3.8) is 0 Å². The monoisotopic (exact) mass is 251 g/mol. The van der Waals surface area contributed by atoms with Crippen molar-refractivity contribution in [2.45, 2.75) is 13.8 Å². The average molecular weight is 252 g/mol. The van der Waals surface area contributed by atoms with Crippen molar-refractivity contribution in [2.75, 3.05) is 0 Å². The second kappa shape index (κ2) is 3.24. The molecule has 0 unspecified atom stereocenters. The Morgan fingerprint density at radius 1 is 1.36 bits per heavy atom. The maximum Gasteiger partial charge on any atom is 0.228 e. The van der Waals surface area contributed by atoms with Crippen LogP contribution in [0.15, 0.2) is 28.9 Å². The minimum atomic E-state index is 0.0289. The van der Waals surface area contributed by atoms with Gasteiger partial charge in [0.2, 0.25) is 5.91 Å². The smallest absolute Gasteiger partial charge is 0.228 e. The lowest BCUT2D eigenvalue weighted by molar-refractivity contribution is 0.0939. The molecule has 0 fully saturated rings. The zero-order valence-corrected chi connectivity index (χ0v) is 9.63. The molecule has 72 valence electrons. The molecule has 2 rings (SSSR count). The highest BCUT2D eigenvalue weighted by molar-refractivity contribution is 9.10. The Labute approximate surface area is 90.7 Å². The Kier molecular flexibility index (Phi) is 2.19. The van der Waals surface area contributed by atoms with Crippen LogP contribution in [0.1, 0.15) is 17.3 Å². The summed E-state index contributed by atoms with van der Waals surface area (Å²) in [6, 6.07) is 7.89. The quantitative estimate of drug-likeness (QED) is 0.704. The standard InChI is InChI=1S/C11H10BrNO/c1-7-9-5-3-4-6-10(9)13(8(2)14)11(7)12/h3-6H,1-2H3. The third kappa shape index (κ3) is 1.20. The van der Waals surface area contributed by atoms with E-state index in [9.17, 15) is 4.79 Å². The molecule has 1 aromatic heterocycles. The molecule has 14 heavy (non-hydrogen) atoms. The molecule has 0 amide bonds. The Bertz CT molecular complexity index is 513. The number of para-hydroxylation sites is 1. The third-order valence-corrected chi connectivity index (χ3v) is 3.32. The molecule has 3 heteroatoms. The molecule has 2 nitrogen and oxygen atoms in total. The molecular formula is C11H10BrNO. The van der Waals surface area contributed by atoms with Gasteiger partial charge in [0.05, 0.1) is 10.1 Å². The van der Waals surface area contributed by atoms with Gasteiger partial charge in [0.15, 0.2) is 0 Å². The van der Waals surface area contributed by atoms with E-state index in [0.717, 1.165) is 21.1 Å². The molecule has 0 radical (unpaired) electrons. The molecule has 0 bridgehead atoms. The van der Waals surface area contributed by atoms with Gasteiger partial charge in [0, 0.05) is 12.3 Å². The van der Waals surface area contributed by atoms with Gasteiger partial charge in [-0.15, -0.1) is 0 Å². The first-order valence-electron chi connectivity index (χ1n) is 4.39. The zero-order valence-electron chi connectivity index (χ0n) is 8.04. The summed E-state index contributed by atoms with van der Waals surface area (Å²) in [5.41, 5.74) is 2.07. The summed E-state index contributed by atoms with van der Waals surface area (Å²) in [4.78, 5) is 11.4. The molecule has 0 N–H and O–H groups in total. The molecule has 0 atom stereocenters. The summed E-state index contributed by atoms with van der Waals surface area (Å²) in [7, 11) is 0. The number of aromatic nitrogens is 1. The number of nitrogens with zero attached hydrogens (tertiary/aromatic N) is 1. The van der Waals surface area contributed by atoms with Crippen LogP contribution in [0, 0.1) is 6.92 Å². The van der Waals surface area contributed by atoms with E-state index in [2.05, 4.69) is 15.9 Å². The van der Waals surface area contributed by atoms with Crippen molar-refractivity contribution in [3.05, 3.63) is 34.4 Å². The number of hydrogen-bond donors (Lipinski definition) is 0. The van der Waals surface area contributed by atoms with E-state index in [0.29, 0.717) is 0 Å². The van der Waals surface area contributed by atoms with Crippen molar-refractivity contribution in [3.8, 4) is 0 Å². The fraction of sp³-hybridized carbons (Fsp3) is 0.182. The van der Waals surface area contributed by atoms with Crippen LogP contribution in [-0.2, 0) is 0 Å². The first-order valence-corrected chi connectivity index (χ1v) is 5.18. The highest BCUT2D eigenvalue weighted by Crippen LogP contribution is 2.29. The number of aryl methyl sites for hydroxylation is 1. The van der Waals surface area contributed by atoms with Gasteiger partial charge in [-0.3, -0.25) is 9.36 Å². The number of benzene rings is 1. The molecule has 2 aromatic rings. The molecular weight excluding hydrogens is 242 g/mol. The van der Waals surface area contributed by atoms with Gasteiger partial charge < -0.3 is 0 Å². The van der Waals surface area contributed by atoms with E-state index in [1.165, 1.54) is 0 Å². The predicted octanol–water partition coefficient (Wildman–Crippen LogP) is 3.37. The maximum atomic E-state index is 11.4. The van der Waals surface area contributed by atoms with Crippen molar-refractivity contribution >= 4 is 32.7 Å². The van der Waals surface area contributed by atoms with E-state index >= 15 is 0 Å². The maximum absolute atomic E-state index is 11.4. The number of carbonyl (C=O) groups is 1. The Balaban J connectivity index is 2.95. The highest BCUT2D eigenvalue weighted by Gasteiger charge is 2.13. The van der Waals surface area contributed by atoms with Crippen LogP contribution in [0.2, 0.25) is 0 Å². The summed E-state index contributed by atoms with van der Waals surface area (Å²) < 4.78 is 2.54. The lowest BCUT2D eigenvalue weighted by Gasteiger charge is -2.00. The fourth-order valence-electron chi connectivity index (χ4n) is 1.68. The summed E-state index contributed by atoms with van der Waals surface area (Å²) in [5, 5.41) is 1.12. The number of fused-ring (bicyclic) bond motifs is 1. The predicted molar refractivity (Wildman–Crippen MR) is 60.7 cm³/mol. The van der Waals surface area contributed by atoms with Crippen LogP contribution >= 0.6 is 15.9 Å². The number of carbonyl (C=O) groups excluding carboxylic acids is 1. The van der Waals surface area contributed by atoms with Crippen molar-refractivity contribution in [1.82, 2.24) is 4.57 Å². The number of hydrogen-bond acceptors (Lipinski definition) is 1. The molecule has 0 aliphatic carbocycles. The SMILES string of the molecule is CC(=O)n1c(Br)c(C)c2ccccc21. The van der Waals surface area contributed by atoms with E-state index in [-0.39, 0.29) is 5.91 Å². The van der Waals surface area contributed by atoms with E-state index in [1.807, 2.05) is 31.2 Å². The second-order valence-electron chi connectivity index (χ2n) is 3.29. The van der Waals surface area contributed by atoms with Crippen molar-refractivity contribution in [1.29, 1.82) is 0 Å². The summed E-state index contributed by atoms with van der Waals surface area (Å²) >= 11 is 3.44. The lowest BCUT2D eigenvalue weighted by Crippen LogP contribution is -2.04. The third-order valence-electron chi connectivity index (χ3n) is 2.37. The lowest BCUT2D eigenvalue weighted by atomic mass is 10.2. The minimum Gasteiger partial charge on any atom is -0.274 e. The molecule has 0 aliphatic rings. The van der Waals surface area contributed by atoms with Crippen LogP contribution in [-0.4, -0.2) is 10.5 Å². The van der Waals surface area contributed by atoms with E-state index in [4.69, 9.17) is 0 Å². The summed E-state index contributed by atoms with van der Waals surface area (Å²) in [5.74, 6) is 0.0289. The normalized spacial score (nSPS) is 10.8. The van der Waals surface area contributed by atoms with Crippen LogP contribution < -0.4 is 0 Å². The van der Waals surface area contributed by atoms with E-state index in [1.54, 1.807) is 11.5 Å².